The van der Waals surface area contributed by atoms with E-state index in [9.17, 15) is 0 Å². The molecule has 1 saturated heterocycles. The Morgan fingerprint density at radius 1 is 0.618 bits per heavy atom. The highest BCUT2D eigenvalue weighted by atomic mass is 31.1. The Kier molecular flexibility index (Phi) is 7.57. The summed E-state index contributed by atoms with van der Waals surface area (Å²) < 4.78 is 25.0. The second-order valence-electron chi connectivity index (χ2n) is 9.63. The van der Waals surface area contributed by atoms with Crippen molar-refractivity contribution in [2.75, 3.05) is 14.2 Å². The van der Waals surface area contributed by atoms with Crippen molar-refractivity contribution in [3.05, 3.63) is 90.5 Å². The topological polar surface area (TPSA) is 36.9 Å². The molecule has 0 bridgehead atoms. The maximum atomic E-state index is 6.65. The molecule has 2 atom stereocenters. The summed E-state index contributed by atoms with van der Waals surface area (Å²) >= 11 is 0. The van der Waals surface area contributed by atoms with Gasteiger partial charge in [-0.2, -0.15) is 0 Å². The van der Waals surface area contributed by atoms with Gasteiger partial charge in [-0.05, 0) is 51.5 Å². The monoisotopic (exact) mass is 478 g/mol. The fourth-order valence-corrected chi connectivity index (χ4v) is 6.82. The largest absolute Gasteiger partial charge is 0.376 e. The number of benzene rings is 3. The van der Waals surface area contributed by atoms with Gasteiger partial charge in [-0.1, -0.05) is 84.9 Å². The van der Waals surface area contributed by atoms with Gasteiger partial charge in [0.2, 0.25) is 0 Å². The minimum Gasteiger partial charge on any atom is -0.376 e. The number of rotatable bonds is 8. The number of hydrogen-bond donors (Lipinski definition) is 0. The molecule has 4 nitrogen and oxygen atoms in total. The first kappa shape index (κ1) is 25.0. The zero-order valence-electron chi connectivity index (χ0n) is 20.9. The van der Waals surface area contributed by atoms with Crippen LogP contribution in [0.15, 0.2) is 84.9 Å². The quantitative estimate of drug-likeness (QED) is 0.423. The molecule has 0 radical (unpaired) electrons. The van der Waals surface area contributed by atoms with E-state index in [1.54, 1.807) is 14.2 Å². The van der Waals surface area contributed by atoms with Crippen LogP contribution < -0.4 is 15.9 Å². The van der Waals surface area contributed by atoms with Gasteiger partial charge in [-0.25, -0.2) is 0 Å². The Morgan fingerprint density at radius 2 is 1.03 bits per heavy atom. The third-order valence-corrected chi connectivity index (χ3v) is 9.22. The molecule has 0 amide bonds. The minimum atomic E-state index is -0.797. The average molecular weight is 479 g/mol. The van der Waals surface area contributed by atoms with E-state index in [4.69, 9.17) is 18.9 Å². The molecule has 0 N–H and O–H groups in total. The molecule has 0 saturated carbocycles. The number of methoxy groups -OCH3 is 2. The molecule has 5 heteroatoms. The van der Waals surface area contributed by atoms with Crippen LogP contribution in [0.3, 0.4) is 0 Å². The van der Waals surface area contributed by atoms with Gasteiger partial charge < -0.3 is 18.9 Å². The Balaban J connectivity index is 1.80. The molecular weight excluding hydrogens is 443 g/mol. The lowest BCUT2D eigenvalue weighted by Crippen LogP contribution is -2.53. The van der Waals surface area contributed by atoms with Crippen molar-refractivity contribution in [2.45, 2.75) is 57.4 Å². The summed E-state index contributed by atoms with van der Waals surface area (Å²) in [5.41, 5.74) is -0.0470. The molecule has 1 aliphatic rings. The minimum absolute atomic E-state index is 0.301. The molecule has 3 aromatic rings. The van der Waals surface area contributed by atoms with Crippen LogP contribution in [0, 0.1) is 0 Å². The van der Waals surface area contributed by atoms with Crippen molar-refractivity contribution >= 4 is 23.8 Å². The first-order valence-corrected chi connectivity index (χ1v) is 13.0. The highest BCUT2D eigenvalue weighted by Gasteiger charge is 2.52. The lowest BCUT2D eigenvalue weighted by Gasteiger charge is -2.38. The molecule has 0 unspecified atom stereocenters. The van der Waals surface area contributed by atoms with Crippen LogP contribution in [0.2, 0.25) is 0 Å². The Bertz CT molecular complexity index is 1000. The van der Waals surface area contributed by atoms with E-state index in [1.807, 2.05) is 27.7 Å². The molecule has 1 aliphatic heterocycles. The fourth-order valence-electron chi connectivity index (χ4n) is 4.35. The van der Waals surface area contributed by atoms with Gasteiger partial charge in [0.25, 0.3) is 0 Å². The average Bonchev–Trinajstić information content (AvgIpc) is 3.33. The van der Waals surface area contributed by atoms with Crippen LogP contribution >= 0.6 is 7.92 Å². The maximum Gasteiger partial charge on any atom is 0.185 e. The lowest BCUT2D eigenvalue weighted by molar-refractivity contribution is -0.132. The predicted octanol–water partition coefficient (Wildman–Crippen LogP) is 5.08. The van der Waals surface area contributed by atoms with E-state index >= 15 is 0 Å². The smallest absolute Gasteiger partial charge is 0.185 e. The van der Waals surface area contributed by atoms with Crippen molar-refractivity contribution in [1.82, 2.24) is 0 Å². The van der Waals surface area contributed by atoms with Gasteiger partial charge in [0.05, 0.1) is 11.2 Å². The predicted molar refractivity (Wildman–Crippen MR) is 140 cm³/mol. The Labute approximate surface area is 205 Å². The van der Waals surface area contributed by atoms with Gasteiger partial charge in [0, 0.05) is 19.8 Å². The van der Waals surface area contributed by atoms with Gasteiger partial charge in [-0.3, -0.25) is 0 Å². The zero-order valence-corrected chi connectivity index (χ0v) is 21.8. The van der Waals surface area contributed by atoms with E-state index in [1.165, 1.54) is 15.9 Å². The third-order valence-electron chi connectivity index (χ3n) is 6.70. The Hall–Kier alpha value is -2.07. The van der Waals surface area contributed by atoms with Crippen molar-refractivity contribution in [1.29, 1.82) is 0 Å². The maximum absolute atomic E-state index is 6.65. The molecule has 4 rings (SSSR count). The van der Waals surface area contributed by atoms with Crippen LogP contribution in [-0.4, -0.2) is 37.6 Å². The summed E-state index contributed by atoms with van der Waals surface area (Å²) in [4.78, 5) is 0. The summed E-state index contributed by atoms with van der Waals surface area (Å²) in [7, 11) is 2.63. The molecule has 0 aromatic heterocycles. The molecule has 1 heterocycles. The van der Waals surface area contributed by atoms with E-state index in [0.717, 1.165) is 5.56 Å². The van der Waals surface area contributed by atoms with Crippen molar-refractivity contribution in [3.8, 4) is 0 Å². The second kappa shape index (κ2) is 10.3. The second-order valence-corrected chi connectivity index (χ2v) is 11.8. The third kappa shape index (κ3) is 4.98. The van der Waals surface area contributed by atoms with Gasteiger partial charge in [-0.15, -0.1) is 0 Å². The van der Waals surface area contributed by atoms with Gasteiger partial charge in [0.15, 0.2) is 6.29 Å². The molecule has 34 heavy (non-hydrogen) atoms. The molecule has 180 valence electrons. The summed E-state index contributed by atoms with van der Waals surface area (Å²) in [5.74, 6) is 0. The molecule has 0 spiro atoms. The van der Waals surface area contributed by atoms with Crippen LogP contribution in [0.5, 0.6) is 0 Å². The van der Waals surface area contributed by atoms with E-state index in [2.05, 4.69) is 84.9 Å². The van der Waals surface area contributed by atoms with Crippen LogP contribution in [-0.2, 0) is 18.9 Å². The van der Waals surface area contributed by atoms with Gasteiger partial charge >= 0.3 is 0 Å². The van der Waals surface area contributed by atoms with Crippen molar-refractivity contribution < 1.29 is 18.9 Å². The van der Waals surface area contributed by atoms with Crippen molar-refractivity contribution in [3.63, 3.8) is 0 Å². The van der Waals surface area contributed by atoms with Crippen LogP contribution in [0.25, 0.3) is 0 Å². The molecule has 1 fully saturated rings. The number of hydrogen-bond acceptors (Lipinski definition) is 4. The summed E-state index contributed by atoms with van der Waals surface area (Å²) in [6, 6.07) is 29.9. The lowest BCUT2D eigenvalue weighted by atomic mass is 9.87. The number of ether oxygens (including phenoxy) is 4. The van der Waals surface area contributed by atoms with E-state index in [-0.39, 0.29) is 12.2 Å². The molecular formula is C29H35O4P. The Morgan fingerprint density at radius 3 is 1.47 bits per heavy atom. The summed E-state index contributed by atoms with van der Waals surface area (Å²) in [6.07, 6.45) is -1.12. The standard InChI is InChI=1S/C29H35O4P/c1-28(2,30-5)25-26(29(3,4)31-6)33-27(32-25)23-19-13-14-20-24(23)34(21-15-9-7-10-16-21)22-17-11-8-12-18-22/h7-20,25-27H,1-6H3/t25-,26-/m1/s1. The van der Waals surface area contributed by atoms with Crippen LogP contribution in [0.1, 0.15) is 39.5 Å². The van der Waals surface area contributed by atoms with Gasteiger partial charge in [0.1, 0.15) is 12.2 Å². The first-order chi connectivity index (χ1) is 16.3. The first-order valence-electron chi connectivity index (χ1n) is 11.7. The highest BCUT2D eigenvalue weighted by molar-refractivity contribution is 7.79. The fraction of sp³-hybridized carbons (Fsp3) is 0.379. The van der Waals surface area contributed by atoms with E-state index in [0.29, 0.717) is 0 Å². The normalized spacial score (nSPS) is 19.6. The summed E-state index contributed by atoms with van der Waals surface area (Å²) in [5, 5.41) is 3.80. The molecule has 0 aliphatic carbocycles. The van der Waals surface area contributed by atoms with Crippen LogP contribution in [0.4, 0.5) is 0 Å². The molecule has 3 aromatic carbocycles. The highest BCUT2D eigenvalue weighted by Crippen LogP contribution is 2.44. The summed E-state index contributed by atoms with van der Waals surface area (Å²) in [6.45, 7) is 8.15. The van der Waals surface area contributed by atoms with E-state index < -0.39 is 25.4 Å². The SMILES string of the molecule is COC(C)(C)[C@@H]1OC(c2ccccc2P(c2ccccc2)c2ccccc2)O[C@H]1C(C)(C)OC. The zero-order chi connectivity index (χ0) is 24.3. The van der Waals surface area contributed by atoms with Crippen molar-refractivity contribution in [2.24, 2.45) is 0 Å².